The Morgan fingerprint density at radius 3 is 2.55 bits per heavy atom. The van der Waals surface area contributed by atoms with Crippen LogP contribution in [-0.2, 0) is 0 Å². The molecule has 2 saturated heterocycles. The molecule has 2 aliphatic rings. The molecule has 1 aromatic carbocycles. The second-order valence-electron chi connectivity index (χ2n) is 10.3. The van der Waals surface area contributed by atoms with Crippen molar-refractivity contribution in [1.29, 1.82) is 0 Å². The number of nitrogens with zero attached hydrogens (tertiary/aromatic N) is 5. The molecule has 6 nitrogen and oxygen atoms in total. The first-order valence-corrected chi connectivity index (χ1v) is 13.9. The maximum absolute atomic E-state index is 6.93. The summed E-state index contributed by atoms with van der Waals surface area (Å²) >= 11 is 12.9. The van der Waals surface area contributed by atoms with E-state index in [1.807, 2.05) is 49.6 Å². The first-order chi connectivity index (χ1) is 18.5. The van der Waals surface area contributed by atoms with Crippen molar-refractivity contribution in [2.24, 2.45) is 5.92 Å². The third-order valence-corrected chi connectivity index (χ3v) is 8.28. The third kappa shape index (κ3) is 4.65. The van der Waals surface area contributed by atoms with Gasteiger partial charge in [-0.2, -0.15) is 0 Å². The molecule has 2 fully saturated rings. The van der Waals surface area contributed by atoms with Crippen LogP contribution < -0.4 is 15.1 Å². The summed E-state index contributed by atoms with van der Waals surface area (Å²) in [6.45, 7) is 6.43. The lowest BCUT2D eigenvalue weighted by Crippen LogP contribution is -2.33. The maximum Gasteiger partial charge on any atom is 0.174 e. The molecule has 1 N–H and O–H groups in total. The Bertz CT molecular complexity index is 1430. The van der Waals surface area contributed by atoms with E-state index in [1.54, 1.807) is 0 Å². The number of benzene rings is 1. The molecule has 4 aromatic rings. The molecule has 194 valence electrons. The van der Waals surface area contributed by atoms with Gasteiger partial charge in [0.2, 0.25) is 0 Å². The Labute approximate surface area is 234 Å². The van der Waals surface area contributed by atoms with Crippen molar-refractivity contribution in [1.82, 2.24) is 19.9 Å². The molecule has 0 radical (unpaired) electrons. The van der Waals surface area contributed by atoms with Crippen molar-refractivity contribution in [3.05, 3.63) is 101 Å². The predicted octanol–water partition coefficient (Wildman–Crippen LogP) is 6.64. The van der Waals surface area contributed by atoms with Gasteiger partial charge in [-0.25, -0.2) is 4.98 Å². The zero-order valence-electron chi connectivity index (χ0n) is 21.6. The summed E-state index contributed by atoms with van der Waals surface area (Å²) in [7, 11) is 0. The fourth-order valence-electron chi connectivity index (χ4n) is 5.53. The summed E-state index contributed by atoms with van der Waals surface area (Å²) < 4.78 is 2.13. The van der Waals surface area contributed by atoms with Crippen LogP contribution in [0.15, 0.2) is 79.3 Å². The average molecular weight is 543 g/mol. The second kappa shape index (κ2) is 10.4. The molecule has 2 atom stereocenters. The largest absolute Gasteiger partial charge is 0.370 e. The van der Waals surface area contributed by atoms with Crippen LogP contribution in [0.5, 0.6) is 0 Å². The van der Waals surface area contributed by atoms with Gasteiger partial charge >= 0.3 is 0 Å². The molecule has 0 spiro atoms. The van der Waals surface area contributed by atoms with Crippen LogP contribution in [0.2, 0.25) is 5.02 Å². The monoisotopic (exact) mass is 542 g/mol. The predicted molar refractivity (Wildman–Crippen MR) is 158 cm³/mol. The minimum atomic E-state index is -0.159. The Hall–Kier alpha value is -3.42. The number of piperidine rings is 1. The lowest BCUT2D eigenvalue weighted by Gasteiger charge is -2.33. The molecule has 8 heteroatoms. The molecule has 38 heavy (non-hydrogen) atoms. The number of aromatic nitrogens is 3. The van der Waals surface area contributed by atoms with E-state index in [4.69, 9.17) is 28.8 Å². The first kappa shape index (κ1) is 24.9. The molecular formula is C30H31ClN6S. The number of halogens is 1. The Kier molecular flexibility index (Phi) is 6.80. The SMILES string of the molecule is Cc1ccc(-n2cccc2[C@H]2[C@@H](c3ccccn3)NC(=S)N2c2ccc(N3CCC(C)CC3)c(Cl)c2)nc1. The number of hydrogen-bond donors (Lipinski definition) is 1. The molecule has 5 heterocycles. The summed E-state index contributed by atoms with van der Waals surface area (Å²) in [5, 5.41) is 4.94. The van der Waals surface area contributed by atoms with Gasteiger partial charge in [-0.3, -0.25) is 4.98 Å². The second-order valence-corrected chi connectivity index (χ2v) is 11.1. The van der Waals surface area contributed by atoms with E-state index in [-0.39, 0.29) is 12.1 Å². The Balaban J connectivity index is 1.42. The highest BCUT2D eigenvalue weighted by molar-refractivity contribution is 7.80. The number of pyridine rings is 2. The summed E-state index contributed by atoms with van der Waals surface area (Å²) in [5.74, 6) is 1.63. The van der Waals surface area contributed by atoms with E-state index in [0.717, 1.165) is 58.2 Å². The average Bonchev–Trinajstić information content (AvgIpc) is 3.54. The van der Waals surface area contributed by atoms with Crippen LogP contribution in [0.3, 0.4) is 0 Å². The van der Waals surface area contributed by atoms with E-state index in [9.17, 15) is 0 Å². The number of nitrogens with one attached hydrogen (secondary N) is 1. The molecular weight excluding hydrogens is 512 g/mol. The van der Waals surface area contributed by atoms with Gasteiger partial charge in [0.25, 0.3) is 0 Å². The topological polar surface area (TPSA) is 49.2 Å². The third-order valence-electron chi connectivity index (χ3n) is 7.66. The Morgan fingerprint density at radius 2 is 1.84 bits per heavy atom. The lowest BCUT2D eigenvalue weighted by atomic mass is 9.98. The highest BCUT2D eigenvalue weighted by Gasteiger charge is 2.42. The summed E-state index contributed by atoms with van der Waals surface area (Å²) in [5.41, 5.74) is 5.16. The molecule has 0 unspecified atom stereocenters. The van der Waals surface area contributed by atoms with E-state index in [2.05, 4.69) is 68.1 Å². The number of rotatable bonds is 5. The summed E-state index contributed by atoms with van der Waals surface area (Å²) in [6.07, 6.45) is 8.15. The van der Waals surface area contributed by atoms with Gasteiger partial charge in [0.15, 0.2) is 5.11 Å². The molecule has 0 bridgehead atoms. The quantitative estimate of drug-likeness (QED) is 0.285. The maximum atomic E-state index is 6.93. The Morgan fingerprint density at radius 1 is 1.00 bits per heavy atom. The highest BCUT2D eigenvalue weighted by Crippen LogP contribution is 2.44. The van der Waals surface area contributed by atoms with Crippen LogP contribution in [0.4, 0.5) is 11.4 Å². The number of aryl methyl sites for hydroxylation is 1. The van der Waals surface area contributed by atoms with Gasteiger partial charge in [0, 0.05) is 43.1 Å². The van der Waals surface area contributed by atoms with E-state index >= 15 is 0 Å². The van der Waals surface area contributed by atoms with E-state index in [1.165, 1.54) is 12.8 Å². The van der Waals surface area contributed by atoms with Crippen LogP contribution in [-0.4, -0.2) is 32.7 Å². The zero-order valence-corrected chi connectivity index (χ0v) is 23.2. The minimum absolute atomic E-state index is 0.148. The minimum Gasteiger partial charge on any atom is -0.370 e. The normalized spacial score (nSPS) is 20.1. The molecule has 6 rings (SSSR count). The van der Waals surface area contributed by atoms with E-state index in [0.29, 0.717) is 5.11 Å². The van der Waals surface area contributed by atoms with Crippen LogP contribution in [0.1, 0.15) is 48.8 Å². The fourth-order valence-corrected chi connectivity index (χ4v) is 6.17. The van der Waals surface area contributed by atoms with Crippen molar-refractivity contribution in [2.45, 2.75) is 38.8 Å². The van der Waals surface area contributed by atoms with Crippen LogP contribution in [0.25, 0.3) is 5.82 Å². The van der Waals surface area contributed by atoms with Gasteiger partial charge in [0.05, 0.1) is 22.4 Å². The summed E-state index contributed by atoms with van der Waals surface area (Å²) in [6, 6.07) is 20.3. The first-order valence-electron chi connectivity index (χ1n) is 13.1. The van der Waals surface area contributed by atoms with E-state index < -0.39 is 0 Å². The van der Waals surface area contributed by atoms with Crippen LogP contribution in [0, 0.1) is 12.8 Å². The molecule has 2 aliphatic heterocycles. The zero-order chi connectivity index (χ0) is 26.2. The smallest absolute Gasteiger partial charge is 0.174 e. The standard InChI is InChI=1S/C30H31ClN6S/c1-20-12-16-35(17-13-20)25-10-9-22(18-23(25)31)37-29(28(34-30(37)38)24-6-3-4-14-32-24)26-7-5-15-36(26)27-11-8-21(2)19-33-27/h3-11,14-15,18-20,28-29H,12-13,16-17H2,1-2H3,(H,34,38)/t28-,29+/m1/s1. The number of thiocarbonyl (C=S) groups is 1. The molecule has 0 aliphatic carbocycles. The van der Waals surface area contributed by atoms with Gasteiger partial charge in [-0.05, 0) is 92.0 Å². The van der Waals surface area contributed by atoms with Gasteiger partial charge < -0.3 is 19.7 Å². The van der Waals surface area contributed by atoms with Gasteiger partial charge in [-0.15, -0.1) is 0 Å². The summed E-state index contributed by atoms with van der Waals surface area (Å²) in [4.78, 5) is 14.0. The van der Waals surface area contributed by atoms with Crippen molar-refractivity contribution in [3.63, 3.8) is 0 Å². The molecule has 3 aromatic heterocycles. The van der Waals surface area contributed by atoms with Crippen molar-refractivity contribution in [3.8, 4) is 5.82 Å². The van der Waals surface area contributed by atoms with Crippen molar-refractivity contribution < 1.29 is 0 Å². The van der Waals surface area contributed by atoms with Crippen molar-refractivity contribution >= 4 is 40.3 Å². The van der Waals surface area contributed by atoms with Gasteiger partial charge in [0.1, 0.15) is 11.9 Å². The molecule has 0 amide bonds. The highest BCUT2D eigenvalue weighted by atomic mass is 35.5. The molecule has 0 saturated carbocycles. The van der Waals surface area contributed by atoms with Gasteiger partial charge in [-0.1, -0.05) is 30.7 Å². The number of hydrogen-bond acceptors (Lipinski definition) is 4. The lowest BCUT2D eigenvalue weighted by molar-refractivity contribution is 0.438. The van der Waals surface area contributed by atoms with Crippen LogP contribution >= 0.6 is 23.8 Å². The fraction of sp³-hybridized carbons (Fsp3) is 0.300. The van der Waals surface area contributed by atoms with Crippen molar-refractivity contribution in [2.75, 3.05) is 22.9 Å². The number of anilines is 2.